The number of nitrogens with zero attached hydrogens (tertiary/aromatic N) is 1. The van der Waals surface area contributed by atoms with E-state index in [1.165, 1.54) is 25.7 Å². The van der Waals surface area contributed by atoms with Crippen LogP contribution in [0.1, 0.15) is 78.7 Å². The molecule has 0 saturated carbocycles. The molecule has 7 heteroatoms. The number of amides is 1. The number of ether oxygens (including phenoxy) is 2. The lowest BCUT2D eigenvalue weighted by atomic mass is 10.1. The highest BCUT2D eigenvalue weighted by atomic mass is 35.5. The Morgan fingerprint density at radius 1 is 0.914 bits per heavy atom. The van der Waals surface area contributed by atoms with Crippen molar-refractivity contribution in [1.29, 1.82) is 0 Å². The molecule has 1 aliphatic rings. The van der Waals surface area contributed by atoms with Gasteiger partial charge < -0.3 is 19.7 Å². The second-order valence-electron chi connectivity index (χ2n) is 8.76. The molecule has 1 fully saturated rings. The van der Waals surface area contributed by atoms with Crippen LogP contribution in [-0.2, 0) is 11.2 Å². The maximum atomic E-state index is 13.2. The van der Waals surface area contributed by atoms with Crippen LogP contribution in [0.2, 0.25) is 5.02 Å². The molecule has 0 unspecified atom stereocenters. The van der Waals surface area contributed by atoms with E-state index in [0.717, 1.165) is 37.2 Å². The summed E-state index contributed by atoms with van der Waals surface area (Å²) in [6.07, 6.45) is 7.89. The van der Waals surface area contributed by atoms with Crippen molar-refractivity contribution in [3.8, 4) is 5.75 Å². The summed E-state index contributed by atoms with van der Waals surface area (Å²) in [6.45, 7) is 6.76. The lowest BCUT2D eigenvalue weighted by Gasteiger charge is -2.26. The third kappa shape index (κ3) is 7.89. The average molecular weight is 501 g/mol. The van der Waals surface area contributed by atoms with Gasteiger partial charge in [0.15, 0.2) is 0 Å². The number of esters is 1. The van der Waals surface area contributed by atoms with Gasteiger partial charge in [0.05, 0.1) is 18.8 Å². The van der Waals surface area contributed by atoms with Crippen LogP contribution in [0, 0.1) is 0 Å². The van der Waals surface area contributed by atoms with Gasteiger partial charge in [-0.2, -0.15) is 0 Å². The Bertz CT molecular complexity index is 985. The Morgan fingerprint density at radius 3 is 2.31 bits per heavy atom. The molecule has 1 aliphatic heterocycles. The first-order valence-corrected chi connectivity index (χ1v) is 13.2. The van der Waals surface area contributed by atoms with Crippen molar-refractivity contribution < 1.29 is 19.1 Å². The summed E-state index contributed by atoms with van der Waals surface area (Å²) in [5.74, 6) is -0.0281. The third-order valence-electron chi connectivity index (χ3n) is 6.19. The molecule has 0 radical (unpaired) electrons. The summed E-state index contributed by atoms with van der Waals surface area (Å²) < 4.78 is 10.8. The van der Waals surface area contributed by atoms with Gasteiger partial charge in [-0.25, -0.2) is 4.79 Å². The summed E-state index contributed by atoms with van der Waals surface area (Å²) >= 11 is 6.27. The van der Waals surface area contributed by atoms with Gasteiger partial charge >= 0.3 is 5.97 Å². The summed E-state index contributed by atoms with van der Waals surface area (Å²) in [5.41, 5.74) is 2.94. The summed E-state index contributed by atoms with van der Waals surface area (Å²) in [4.78, 5) is 27.7. The molecule has 1 saturated heterocycles. The first kappa shape index (κ1) is 26.9. The van der Waals surface area contributed by atoms with Crippen molar-refractivity contribution in [3.63, 3.8) is 0 Å². The van der Waals surface area contributed by atoms with Crippen LogP contribution < -0.4 is 15.0 Å². The first-order chi connectivity index (χ1) is 17.0. The largest absolute Gasteiger partial charge is 0.493 e. The van der Waals surface area contributed by atoms with Gasteiger partial charge in [0.2, 0.25) is 0 Å². The highest BCUT2D eigenvalue weighted by Crippen LogP contribution is 2.27. The zero-order valence-electron chi connectivity index (χ0n) is 20.9. The van der Waals surface area contributed by atoms with E-state index in [4.69, 9.17) is 21.1 Å². The number of carbonyl (C=O) groups is 2. The maximum absolute atomic E-state index is 13.2. The standard InChI is InChI=1S/C28H37ClN2O4/c1-3-34-26-19-21(11-13-23(26)28(33)35-4-2)15-16-30-27(32)24-20-22(29)12-14-25(24)31-17-9-7-5-6-8-10-18-31/h11-14,19-20H,3-10,15-18H2,1-2H3,(H,30,32). The van der Waals surface area contributed by atoms with Crippen molar-refractivity contribution in [2.45, 2.75) is 58.8 Å². The Kier molecular flexibility index (Phi) is 10.7. The van der Waals surface area contributed by atoms with Crippen LogP contribution in [0.5, 0.6) is 5.75 Å². The van der Waals surface area contributed by atoms with Crippen molar-refractivity contribution in [1.82, 2.24) is 5.32 Å². The lowest BCUT2D eigenvalue weighted by Crippen LogP contribution is -2.31. The molecule has 3 rings (SSSR count). The minimum atomic E-state index is -0.399. The van der Waals surface area contributed by atoms with E-state index in [2.05, 4.69) is 10.2 Å². The van der Waals surface area contributed by atoms with Gasteiger partial charge in [-0.1, -0.05) is 43.4 Å². The second-order valence-corrected chi connectivity index (χ2v) is 9.20. The Hall–Kier alpha value is -2.73. The number of halogens is 1. The molecule has 2 aromatic rings. The quantitative estimate of drug-likeness (QED) is 0.424. The number of anilines is 1. The minimum absolute atomic E-state index is 0.129. The van der Waals surface area contributed by atoms with E-state index in [9.17, 15) is 9.59 Å². The highest BCUT2D eigenvalue weighted by Gasteiger charge is 2.18. The molecule has 0 aromatic heterocycles. The fourth-order valence-corrected chi connectivity index (χ4v) is 4.59. The molecule has 0 spiro atoms. The maximum Gasteiger partial charge on any atom is 0.341 e. The molecule has 0 aliphatic carbocycles. The highest BCUT2D eigenvalue weighted by molar-refractivity contribution is 6.31. The van der Waals surface area contributed by atoms with E-state index in [1.807, 2.05) is 31.2 Å². The van der Waals surface area contributed by atoms with Crippen LogP contribution in [0.15, 0.2) is 36.4 Å². The van der Waals surface area contributed by atoms with Crippen LogP contribution in [0.4, 0.5) is 5.69 Å². The molecule has 0 atom stereocenters. The second kappa shape index (κ2) is 14.0. The van der Waals surface area contributed by atoms with E-state index in [1.54, 1.807) is 19.1 Å². The number of benzene rings is 2. The molecular weight excluding hydrogens is 464 g/mol. The first-order valence-electron chi connectivity index (χ1n) is 12.8. The zero-order chi connectivity index (χ0) is 25.0. The predicted molar refractivity (Wildman–Crippen MR) is 141 cm³/mol. The molecule has 1 N–H and O–H groups in total. The normalized spacial score (nSPS) is 14.4. The summed E-state index contributed by atoms with van der Waals surface area (Å²) in [6, 6.07) is 11.0. The predicted octanol–water partition coefficient (Wildman–Crippen LogP) is 6.05. The molecule has 2 aromatic carbocycles. The van der Waals surface area contributed by atoms with Crippen molar-refractivity contribution in [3.05, 3.63) is 58.1 Å². The fourth-order valence-electron chi connectivity index (χ4n) is 4.42. The number of hydrogen-bond acceptors (Lipinski definition) is 5. The number of hydrogen-bond donors (Lipinski definition) is 1. The number of nitrogens with one attached hydrogen (secondary N) is 1. The van der Waals surface area contributed by atoms with Crippen molar-refractivity contribution in [2.24, 2.45) is 0 Å². The average Bonchev–Trinajstić information content (AvgIpc) is 2.98. The molecule has 0 bridgehead atoms. The monoisotopic (exact) mass is 500 g/mol. The Balaban J connectivity index is 1.68. The fraction of sp³-hybridized carbons (Fsp3) is 0.500. The van der Waals surface area contributed by atoms with Crippen LogP contribution in [0.25, 0.3) is 0 Å². The van der Waals surface area contributed by atoms with Crippen molar-refractivity contribution >= 4 is 29.2 Å². The molecule has 35 heavy (non-hydrogen) atoms. The molecule has 1 amide bonds. The number of carbonyl (C=O) groups excluding carboxylic acids is 2. The molecule has 1 heterocycles. The summed E-state index contributed by atoms with van der Waals surface area (Å²) in [7, 11) is 0. The SMILES string of the molecule is CCOC(=O)c1ccc(CCNC(=O)c2cc(Cl)ccc2N2CCCCCCCC2)cc1OCC. The topological polar surface area (TPSA) is 67.9 Å². The van der Waals surface area contributed by atoms with E-state index >= 15 is 0 Å². The van der Waals surface area contributed by atoms with Crippen LogP contribution in [0.3, 0.4) is 0 Å². The minimum Gasteiger partial charge on any atom is -0.493 e. The van der Waals surface area contributed by atoms with Gasteiger partial charge in [-0.15, -0.1) is 0 Å². The lowest BCUT2D eigenvalue weighted by molar-refractivity contribution is 0.0522. The summed E-state index contributed by atoms with van der Waals surface area (Å²) in [5, 5.41) is 3.60. The van der Waals surface area contributed by atoms with E-state index in [-0.39, 0.29) is 5.91 Å². The van der Waals surface area contributed by atoms with E-state index in [0.29, 0.717) is 48.1 Å². The smallest absolute Gasteiger partial charge is 0.341 e. The third-order valence-corrected chi connectivity index (χ3v) is 6.43. The molecule has 190 valence electrons. The van der Waals surface area contributed by atoms with E-state index < -0.39 is 5.97 Å². The molecule has 6 nitrogen and oxygen atoms in total. The van der Waals surface area contributed by atoms with Crippen LogP contribution >= 0.6 is 11.6 Å². The van der Waals surface area contributed by atoms with Gasteiger partial charge in [-0.3, -0.25) is 4.79 Å². The van der Waals surface area contributed by atoms with Crippen molar-refractivity contribution in [2.75, 3.05) is 37.7 Å². The van der Waals surface area contributed by atoms with Gasteiger partial charge in [0, 0.05) is 30.3 Å². The Morgan fingerprint density at radius 2 is 1.63 bits per heavy atom. The van der Waals surface area contributed by atoms with Gasteiger partial charge in [0.1, 0.15) is 11.3 Å². The van der Waals surface area contributed by atoms with Crippen LogP contribution in [-0.4, -0.2) is 44.7 Å². The van der Waals surface area contributed by atoms with Gasteiger partial charge in [-0.05, 0) is 69.0 Å². The molecular formula is C28H37ClN2O4. The number of rotatable bonds is 9. The Labute approximate surface area is 213 Å². The van der Waals surface area contributed by atoms with Gasteiger partial charge in [0.25, 0.3) is 5.91 Å². The zero-order valence-corrected chi connectivity index (χ0v) is 21.7.